The van der Waals surface area contributed by atoms with Gasteiger partial charge in [-0.1, -0.05) is 19.1 Å². The second kappa shape index (κ2) is 6.43. The monoisotopic (exact) mass is 301 g/mol. The molecule has 0 saturated carbocycles. The molecule has 0 aliphatic heterocycles. The minimum absolute atomic E-state index is 0.284. The first-order chi connectivity index (χ1) is 10.5. The molecule has 6 heteroatoms. The van der Waals surface area contributed by atoms with Gasteiger partial charge in [-0.25, -0.2) is 5.43 Å². The smallest absolute Gasteiger partial charge is 0.280 e. The van der Waals surface area contributed by atoms with Crippen molar-refractivity contribution < 1.29 is 9.90 Å². The number of nitrogens with zero attached hydrogens (tertiary/aromatic N) is 2. The maximum Gasteiger partial charge on any atom is 0.280 e. The number of aryl methyl sites for hydroxylation is 1. The van der Waals surface area contributed by atoms with Gasteiger partial charge in [0, 0.05) is 17.6 Å². The first-order valence-electron chi connectivity index (χ1n) is 7.19. The third kappa shape index (κ3) is 2.72. The Labute approximate surface area is 128 Å². The van der Waals surface area contributed by atoms with E-state index in [-0.39, 0.29) is 11.3 Å². The second-order valence-corrected chi connectivity index (χ2v) is 4.93. The van der Waals surface area contributed by atoms with E-state index in [0.717, 1.165) is 5.71 Å². The van der Waals surface area contributed by atoms with Crippen LogP contribution in [0.1, 0.15) is 37.6 Å². The fourth-order valence-corrected chi connectivity index (χ4v) is 2.19. The molecule has 0 atom stereocenters. The van der Waals surface area contributed by atoms with Gasteiger partial charge in [0.05, 0.1) is 5.52 Å². The number of rotatable bonds is 4. The molecule has 1 amide bonds. The molecule has 2 aromatic rings. The van der Waals surface area contributed by atoms with Crippen LogP contribution in [-0.2, 0) is 6.54 Å². The van der Waals surface area contributed by atoms with Crippen molar-refractivity contribution in [3.05, 3.63) is 40.2 Å². The number of aromatic hydroxyl groups is 1. The highest BCUT2D eigenvalue weighted by Crippen LogP contribution is 2.26. The summed E-state index contributed by atoms with van der Waals surface area (Å²) < 4.78 is 1.46. The van der Waals surface area contributed by atoms with Gasteiger partial charge in [-0.3, -0.25) is 9.59 Å². The molecular formula is C16H19N3O3. The van der Waals surface area contributed by atoms with Crippen molar-refractivity contribution in [1.82, 2.24) is 9.99 Å². The molecule has 1 aromatic carbocycles. The maximum atomic E-state index is 12.5. The van der Waals surface area contributed by atoms with Crippen molar-refractivity contribution in [2.75, 3.05) is 0 Å². The average Bonchev–Trinajstić information content (AvgIpc) is 2.53. The lowest BCUT2D eigenvalue weighted by Crippen LogP contribution is -2.31. The van der Waals surface area contributed by atoms with Gasteiger partial charge in [0.2, 0.25) is 0 Å². The number of benzene rings is 1. The van der Waals surface area contributed by atoms with Gasteiger partial charge in [-0.15, -0.1) is 0 Å². The van der Waals surface area contributed by atoms with Crippen LogP contribution in [0.2, 0.25) is 0 Å². The van der Waals surface area contributed by atoms with Crippen molar-refractivity contribution in [2.45, 2.75) is 33.7 Å². The number of hydrogen-bond donors (Lipinski definition) is 2. The van der Waals surface area contributed by atoms with E-state index < -0.39 is 11.5 Å². The number of nitrogens with one attached hydrogen (secondary N) is 1. The highest BCUT2D eigenvalue weighted by atomic mass is 16.3. The SMILES string of the molecule is CC/C(C)=N/NC(=O)c1c(O)c2ccccc2n(CC)c1=O. The van der Waals surface area contributed by atoms with Crippen LogP contribution in [0, 0.1) is 0 Å². The quantitative estimate of drug-likeness (QED) is 0.671. The molecule has 1 heterocycles. The predicted octanol–water partition coefficient (Wildman–Crippen LogP) is 2.24. The van der Waals surface area contributed by atoms with Crippen molar-refractivity contribution in [3.63, 3.8) is 0 Å². The number of para-hydroxylation sites is 1. The van der Waals surface area contributed by atoms with Gasteiger partial charge in [-0.2, -0.15) is 5.10 Å². The number of hydrogen-bond acceptors (Lipinski definition) is 4. The Morgan fingerprint density at radius 3 is 2.64 bits per heavy atom. The van der Waals surface area contributed by atoms with Gasteiger partial charge in [-0.05, 0) is 32.4 Å². The van der Waals surface area contributed by atoms with Crippen molar-refractivity contribution in [2.24, 2.45) is 5.10 Å². The first kappa shape index (κ1) is 15.8. The van der Waals surface area contributed by atoms with Gasteiger partial charge in [0.15, 0.2) is 0 Å². The maximum absolute atomic E-state index is 12.5. The molecule has 0 aliphatic carbocycles. The van der Waals surface area contributed by atoms with Crippen LogP contribution < -0.4 is 11.0 Å². The summed E-state index contributed by atoms with van der Waals surface area (Å²) >= 11 is 0. The average molecular weight is 301 g/mol. The lowest BCUT2D eigenvalue weighted by Gasteiger charge is -2.12. The molecule has 1 aromatic heterocycles. The summed E-state index contributed by atoms with van der Waals surface area (Å²) in [6, 6.07) is 6.93. The Bertz CT molecular complexity index is 806. The van der Waals surface area contributed by atoms with Crippen LogP contribution >= 0.6 is 0 Å². The lowest BCUT2D eigenvalue weighted by molar-refractivity contribution is 0.0950. The number of fused-ring (bicyclic) bond motifs is 1. The highest BCUT2D eigenvalue weighted by Gasteiger charge is 2.21. The topological polar surface area (TPSA) is 83.7 Å². The van der Waals surface area contributed by atoms with E-state index >= 15 is 0 Å². The first-order valence-corrected chi connectivity index (χ1v) is 7.19. The Morgan fingerprint density at radius 1 is 1.32 bits per heavy atom. The molecule has 2 N–H and O–H groups in total. The number of pyridine rings is 1. The van der Waals surface area contributed by atoms with E-state index in [1.165, 1.54) is 4.57 Å². The van der Waals surface area contributed by atoms with E-state index in [1.807, 2.05) is 13.8 Å². The number of carbonyl (C=O) groups excluding carboxylic acids is 1. The highest BCUT2D eigenvalue weighted by molar-refractivity contribution is 6.02. The Kier molecular flexibility index (Phi) is 4.60. The van der Waals surface area contributed by atoms with Crippen molar-refractivity contribution in [1.29, 1.82) is 0 Å². The zero-order valence-corrected chi connectivity index (χ0v) is 12.9. The van der Waals surface area contributed by atoms with Crippen molar-refractivity contribution >= 4 is 22.5 Å². The fraction of sp³-hybridized carbons (Fsp3) is 0.312. The van der Waals surface area contributed by atoms with E-state index in [9.17, 15) is 14.7 Å². The minimum Gasteiger partial charge on any atom is -0.506 e. The second-order valence-electron chi connectivity index (χ2n) is 4.93. The van der Waals surface area contributed by atoms with E-state index in [0.29, 0.717) is 23.9 Å². The Morgan fingerprint density at radius 2 is 2.00 bits per heavy atom. The van der Waals surface area contributed by atoms with Crippen LogP contribution in [-0.4, -0.2) is 21.3 Å². The lowest BCUT2D eigenvalue weighted by atomic mass is 10.1. The summed E-state index contributed by atoms with van der Waals surface area (Å²) in [6.07, 6.45) is 0.684. The van der Waals surface area contributed by atoms with Gasteiger partial charge in [0.25, 0.3) is 11.5 Å². The summed E-state index contributed by atoms with van der Waals surface area (Å²) in [7, 11) is 0. The molecule has 116 valence electrons. The van der Waals surface area contributed by atoms with Gasteiger partial charge < -0.3 is 9.67 Å². The van der Waals surface area contributed by atoms with Crippen molar-refractivity contribution in [3.8, 4) is 5.75 Å². The molecule has 22 heavy (non-hydrogen) atoms. The molecule has 2 rings (SSSR count). The summed E-state index contributed by atoms with van der Waals surface area (Å²) in [5.41, 5.74) is 2.83. The van der Waals surface area contributed by atoms with Crippen LogP contribution in [0.5, 0.6) is 5.75 Å². The van der Waals surface area contributed by atoms with Crippen LogP contribution in [0.4, 0.5) is 0 Å². The predicted molar refractivity (Wildman–Crippen MR) is 86.4 cm³/mol. The third-order valence-corrected chi connectivity index (χ3v) is 3.55. The summed E-state index contributed by atoms with van der Waals surface area (Å²) in [6.45, 7) is 5.89. The largest absolute Gasteiger partial charge is 0.506 e. The number of amides is 1. The zero-order valence-electron chi connectivity index (χ0n) is 12.9. The fourth-order valence-electron chi connectivity index (χ4n) is 2.19. The van der Waals surface area contributed by atoms with Crippen LogP contribution in [0.25, 0.3) is 10.9 Å². The molecule has 0 spiro atoms. The molecule has 0 saturated heterocycles. The molecular weight excluding hydrogens is 282 g/mol. The van der Waals surface area contributed by atoms with E-state index in [2.05, 4.69) is 10.5 Å². The number of carbonyl (C=O) groups is 1. The van der Waals surface area contributed by atoms with Gasteiger partial charge >= 0.3 is 0 Å². The van der Waals surface area contributed by atoms with Crippen LogP contribution in [0.3, 0.4) is 0 Å². The molecule has 0 unspecified atom stereocenters. The normalized spacial score (nSPS) is 11.7. The molecule has 0 fully saturated rings. The molecule has 0 radical (unpaired) electrons. The van der Waals surface area contributed by atoms with E-state index in [1.54, 1.807) is 31.2 Å². The Balaban J connectivity index is 2.64. The molecule has 0 bridgehead atoms. The third-order valence-electron chi connectivity index (χ3n) is 3.55. The molecule has 6 nitrogen and oxygen atoms in total. The Hall–Kier alpha value is -2.63. The number of aromatic nitrogens is 1. The number of hydrazone groups is 1. The summed E-state index contributed by atoms with van der Waals surface area (Å²) in [5, 5.41) is 14.7. The summed E-state index contributed by atoms with van der Waals surface area (Å²) in [5.74, 6) is -1.02. The van der Waals surface area contributed by atoms with E-state index in [4.69, 9.17) is 0 Å². The van der Waals surface area contributed by atoms with Gasteiger partial charge in [0.1, 0.15) is 11.3 Å². The summed E-state index contributed by atoms with van der Waals surface area (Å²) in [4.78, 5) is 24.7. The minimum atomic E-state index is -0.705. The molecule has 0 aliphatic rings. The zero-order chi connectivity index (χ0) is 16.3. The standard InChI is InChI=1S/C16H19N3O3/c1-4-10(3)17-18-15(21)13-14(20)11-8-6-7-9-12(11)19(5-2)16(13)22/h6-9,20H,4-5H2,1-3H3,(H,18,21)/b17-10+. The van der Waals surface area contributed by atoms with Crippen LogP contribution in [0.15, 0.2) is 34.2 Å².